The van der Waals surface area contributed by atoms with Crippen LogP contribution >= 0.6 is 22.9 Å². The predicted molar refractivity (Wildman–Crippen MR) is 101 cm³/mol. The van der Waals surface area contributed by atoms with Crippen LogP contribution in [0.2, 0.25) is 5.02 Å². The third-order valence-electron chi connectivity index (χ3n) is 4.46. The van der Waals surface area contributed by atoms with Crippen LogP contribution < -0.4 is 10.1 Å². The zero-order valence-corrected chi connectivity index (χ0v) is 15.9. The Morgan fingerprint density at radius 1 is 1.38 bits per heavy atom. The Morgan fingerprint density at radius 2 is 2.23 bits per heavy atom. The molecule has 4 rings (SSSR count). The van der Waals surface area contributed by atoms with Crippen LogP contribution in [0.15, 0.2) is 33.5 Å². The lowest BCUT2D eigenvalue weighted by Crippen LogP contribution is -2.34. The van der Waals surface area contributed by atoms with E-state index in [4.69, 9.17) is 20.9 Å². The molecular weight excluding hydrogens is 372 g/mol. The van der Waals surface area contributed by atoms with Gasteiger partial charge in [0.25, 0.3) is 5.91 Å². The van der Waals surface area contributed by atoms with Gasteiger partial charge in [0.05, 0.1) is 17.3 Å². The molecule has 7 heteroatoms. The molecule has 0 radical (unpaired) electrons. The minimum absolute atomic E-state index is 0.148. The van der Waals surface area contributed by atoms with E-state index in [1.807, 2.05) is 11.4 Å². The molecule has 0 aliphatic carbocycles. The highest BCUT2D eigenvalue weighted by Crippen LogP contribution is 2.39. The maximum atomic E-state index is 12.4. The number of aryl methyl sites for hydroxylation is 2. The highest BCUT2D eigenvalue weighted by atomic mass is 35.5. The number of amides is 1. The molecule has 1 aromatic carbocycles. The summed E-state index contributed by atoms with van der Waals surface area (Å²) < 4.78 is 11.0. The van der Waals surface area contributed by atoms with E-state index in [0.717, 1.165) is 16.7 Å². The third-order valence-corrected chi connectivity index (χ3v) is 5.42. The number of aromatic nitrogens is 1. The summed E-state index contributed by atoms with van der Waals surface area (Å²) in [6, 6.07) is 6.10. The molecule has 3 heterocycles. The summed E-state index contributed by atoms with van der Waals surface area (Å²) in [7, 11) is 0. The van der Waals surface area contributed by atoms with Gasteiger partial charge in [-0.25, -0.2) is 0 Å². The average molecular weight is 389 g/mol. The zero-order chi connectivity index (χ0) is 18.3. The molecule has 0 saturated carbocycles. The predicted octanol–water partition coefficient (Wildman–Crippen LogP) is 4.41. The van der Waals surface area contributed by atoms with Gasteiger partial charge in [0.15, 0.2) is 0 Å². The number of nitrogens with zero attached hydrogens (tertiary/aromatic N) is 1. The minimum atomic E-state index is -0.203. The quantitative estimate of drug-likeness (QED) is 0.719. The highest BCUT2D eigenvalue weighted by Gasteiger charge is 2.27. The van der Waals surface area contributed by atoms with Crippen LogP contribution in [0.4, 0.5) is 0 Å². The maximum absolute atomic E-state index is 12.4. The number of halogens is 1. The molecule has 0 spiro atoms. The van der Waals surface area contributed by atoms with Crippen LogP contribution in [-0.4, -0.2) is 23.7 Å². The summed E-state index contributed by atoms with van der Waals surface area (Å²) in [5.41, 5.74) is 4.36. The van der Waals surface area contributed by atoms with Crippen molar-refractivity contribution in [3.63, 3.8) is 0 Å². The van der Waals surface area contributed by atoms with Crippen LogP contribution in [0, 0.1) is 13.8 Å². The van der Waals surface area contributed by atoms with E-state index in [1.54, 1.807) is 25.2 Å². The molecule has 5 nitrogen and oxygen atoms in total. The van der Waals surface area contributed by atoms with Crippen molar-refractivity contribution in [1.29, 1.82) is 0 Å². The minimum Gasteiger partial charge on any atom is -0.486 e. The van der Waals surface area contributed by atoms with Gasteiger partial charge in [0, 0.05) is 12.0 Å². The number of carbonyl (C=O) groups excluding carboxylic acids is 1. The van der Waals surface area contributed by atoms with E-state index < -0.39 is 0 Å². The zero-order valence-electron chi connectivity index (χ0n) is 14.3. The highest BCUT2D eigenvalue weighted by molar-refractivity contribution is 7.08. The van der Waals surface area contributed by atoms with Gasteiger partial charge in [0.2, 0.25) is 0 Å². The Kier molecular flexibility index (Phi) is 4.46. The SMILES string of the molecule is Cc1noc(C)c1C(=O)NCC1Cc2cc(-c3ccsc3)cc(Cl)c2O1. The second kappa shape index (κ2) is 6.78. The molecule has 3 aromatic rings. The van der Waals surface area contributed by atoms with Gasteiger partial charge < -0.3 is 14.6 Å². The summed E-state index contributed by atoms with van der Waals surface area (Å²) in [6.07, 6.45) is 0.555. The third kappa shape index (κ3) is 3.10. The van der Waals surface area contributed by atoms with Crippen molar-refractivity contribution in [1.82, 2.24) is 10.5 Å². The standard InChI is InChI=1S/C19H17ClN2O3S/c1-10-17(11(2)25-22-10)19(23)21-8-15-6-14-5-13(12-3-4-26-9-12)7-16(20)18(14)24-15/h3-5,7,9,15H,6,8H2,1-2H3,(H,21,23). The first-order valence-corrected chi connectivity index (χ1v) is 9.57. The van der Waals surface area contributed by atoms with Crippen molar-refractivity contribution in [3.8, 4) is 16.9 Å². The van der Waals surface area contributed by atoms with Gasteiger partial charge in [-0.05, 0) is 53.9 Å². The van der Waals surface area contributed by atoms with Crippen molar-refractivity contribution in [2.75, 3.05) is 6.54 Å². The number of carbonyl (C=O) groups is 1. The summed E-state index contributed by atoms with van der Waals surface area (Å²) in [6.45, 7) is 3.86. The second-order valence-corrected chi connectivity index (χ2v) is 7.50. The lowest BCUT2D eigenvalue weighted by atomic mass is 10.0. The lowest BCUT2D eigenvalue weighted by Gasteiger charge is -2.12. The van der Waals surface area contributed by atoms with Crippen molar-refractivity contribution in [3.05, 3.63) is 56.6 Å². The van der Waals surface area contributed by atoms with E-state index >= 15 is 0 Å². The Bertz CT molecular complexity index is 946. The fraction of sp³-hybridized carbons (Fsp3) is 0.263. The van der Waals surface area contributed by atoms with Gasteiger partial charge >= 0.3 is 0 Å². The summed E-state index contributed by atoms with van der Waals surface area (Å²) in [5.74, 6) is 1.02. The van der Waals surface area contributed by atoms with Crippen LogP contribution in [-0.2, 0) is 6.42 Å². The maximum Gasteiger partial charge on any atom is 0.256 e. The average Bonchev–Trinajstić information content (AvgIpc) is 3.33. The molecular formula is C19H17ClN2O3S. The van der Waals surface area contributed by atoms with Crippen LogP contribution in [0.25, 0.3) is 11.1 Å². The largest absolute Gasteiger partial charge is 0.486 e. The van der Waals surface area contributed by atoms with Crippen molar-refractivity contribution >= 4 is 28.8 Å². The van der Waals surface area contributed by atoms with E-state index in [9.17, 15) is 4.79 Å². The summed E-state index contributed by atoms with van der Waals surface area (Å²) >= 11 is 8.06. The Morgan fingerprint density at radius 3 is 2.92 bits per heavy atom. The number of nitrogens with one attached hydrogen (secondary N) is 1. The Hall–Kier alpha value is -2.31. The first-order chi connectivity index (χ1) is 12.5. The number of rotatable bonds is 4. The van der Waals surface area contributed by atoms with E-state index in [2.05, 4.69) is 28.0 Å². The lowest BCUT2D eigenvalue weighted by molar-refractivity contribution is 0.0931. The fourth-order valence-electron chi connectivity index (χ4n) is 3.20. The second-order valence-electron chi connectivity index (χ2n) is 6.31. The molecule has 1 atom stereocenters. The number of hydrogen-bond donors (Lipinski definition) is 1. The molecule has 0 saturated heterocycles. The molecule has 1 aliphatic rings. The topological polar surface area (TPSA) is 64.4 Å². The molecule has 1 unspecified atom stereocenters. The molecule has 1 amide bonds. The van der Waals surface area contributed by atoms with Gasteiger partial charge in [0.1, 0.15) is 23.2 Å². The molecule has 1 N–H and O–H groups in total. The number of benzene rings is 1. The first-order valence-electron chi connectivity index (χ1n) is 8.25. The van der Waals surface area contributed by atoms with E-state index in [0.29, 0.717) is 40.8 Å². The fourth-order valence-corrected chi connectivity index (χ4v) is 4.15. The van der Waals surface area contributed by atoms with Crippen LogP contribution in [0.1, 0.15) is 27.4 Å². The normalized spacial score (nSPS) is 15.6. The van der Waals surface area contributed by atoms with Crippen molar-refractivity contribution in [2.24, 2.45) is 0 Å². The smallest absolute Gasteiger partial charge is 0.256 e. The Labute approximate surface area is 159 Å². The van der Waals surface area contributed by atoms with Gasteiger partial charge in [-0.1, -0.05) is 16.8 Å². The molecule has 1 aliphatic heterocycles. The number of hydrogen-bond acceptors (Lipinski definition) is 5. The summed E-state index contributed by atoms with van der Waals surface area (Å²) in [4.78, 5) is 12.4. The molecule has 0 bridgehead atoms. The number of thiophene rings is 1. The van der Waals surface area contributed by atoms with Gasteiger partial charge in [-0.3, -0.25) is 4.79 Å². The van der Waals surface area contributed by atoms with E-state index in [-0.39, 0.29) is 12.0 Å². The summed E-state index contributed by atoms with van der Waals surface area (Å²) in [5, 5.41) is 11.4. The van der Waals surface area contributed by atoms with E-state index in [1.165, 1.54) is 0 Å². The molecule has 134 valence electrons. The monoisotopic (exact) mass is 388 g/mol. The molecule has 0 fully saturated rings. The van der Waals surface area contributed by atoms with Crippen molar-refractivity contribution in [2.45, 2.75) is 26.4 Å². The molecule has 2 aromatic heterocycles. The van der Waals surface area contributed by atoms with Crippen LogP contribution in [0.5, 0.6) is 5.75 Å². The van der Waals surface area contributed by atoms with Gasteiger partial charge in [-0.2, -0.15) is 11.3 Å². The number of fused-ring (bicyclic) bond motifs is 1. The Balaban J connectivity index is 1.46. The number of ether oxygens (including phenoxy) is 1. The van der Waals surface area contributed by atoms with Crippen molar-refractivity contribution < 1.29 is 14.1 Å². The first kappa shape index (κ1) is 17.1. The van der Waals surface area contributed by atoms with Crippen LogP contribution in [0.3, 0.4) is 0 Å². The van der Waals surface area contributed by atoms with Gasteiger partial charge in [-0.15, -0.1) is 0 Å². The molecule has 26 heavy (non-hydrogen) atoms.